The minimum absolute atomic E-state index is 0.228. The van der Waals surface area contributed by atoms with Gasteiger partial charge in [0.05, 0.1) is 16.2 Å². The number of hydrogen-bond acceptors (Lipinski definition) is 2. The molecule has 3 nitrogen and oxygen atoms in total. The van der Waals surface area contributed by atoms with Crippen molar-refractivity contribution in [1.82, 2.24) is 9.78 Å². The van der Waals surface area contributed by atoms with E-state index in [1.807, 2.05) is 6.92 Å². The summed E-state index contributed by atoms with van der Waals surface area (Å²) in [7, 11) is 0. The molecule has 0 spiro atoms. The van der Waals surface area contributed by atoms with Gasteiger partial charge in [-0.15, -0.1) is 0 Å². The number of carbonyl (C=O) groups excluding carboxylic acids is 1. The number of hydrogen-bond donors (Lipinski definition) is 0. The van der Waals surface area contributed by atoms with Crippen LogP contribution in [0, 0.1) is 11.6 Å². The molecule has 2 aromatic rings. The van der Waals surface area contributed by atoms with E-state index in [0.717, 1.165) is 12.5 Å². The zero-order valence-electron chi connectivity index (χ0n) is 10.2. The van der Waals surface area contributed by atoms with E-state index in [1.165, 1.54) is 23.0 Å². The molecule has 0 aliphatic rings. The van der Waals surface area contributed by atoms with Gasteiger partial charge in [0.2, 0.25) is 5.78 Å². The summed E-state index contributed by atoms with van der Waals surface area (Å²) in [5, 5.41) is 4.04. The number of aryl methyl sites for hydroxylation is 1. The highest BCUT2D eigenvalue weighted by molar-refractivity contribution is 9.10. The predicted octanol–water partition coefficient (Wildman–Crippen LogP) is 3.56. The number of benzene rings is 1. The molecule has 0 atom stereocenters. The summed E-state index contributed by atoms with van der Waals surface area (Å²) < 4.78 is 28.8. The van der Waals surface area contributed by atoms with E-state index in [0.29, 0.717) is 11.0 Å². The molecular weight excluding hydrogens is 318 g/mol. The lowest BCUT2D eigenvalue weighted by Gasteiger charge is -2.07. The zero-order valence-corrected chi connectivity index (χ0v) is 11.7. The molecule has 100 valence electrons. The summed E-state index contributed by atoms with van der Waals surface area (Å²) in [5.41, 5.74) is -0.0649. The third-order valence-corrected chi connectivity index (χ3v) is 3.22. The second kappa shape index (κ2) is 5.61. The van der Waals surface area contributed by atoms with Crippen molar-refractivity contribution in [2.75, 3.05) is 0 Å². The number of rotatable bonds is 4. The van der Waals surface area contributed by atoms with Gasteiger partial charge in [-0.1, -0.05) is 13.0 Å². The van der Waals surface area contributed by atoms with Crippen molar-refractivity contribution >= 4 is 21.7 Å². The molecule has 1 aromatic carbocycles. The van der Waals surface area contributed by atoms with E-state index in [9.17, 15) is 13.6 Å². The topological polar surface area (TPSA) is 34.9 Å². The first-order valence-corrected chi connectivity index (χ1v) is 6.55. The molecule has 0 radical (unpaired) electrons. The first-order valence-electron chi connectivity index (χ1n) is 5.76. The lowest BCUT2D eigenvalue weighted by Crippen LogP contribution is -2.14. The second-order valence-electron chi connectivity index (χ2n) is 3.99. The fourth-order valence-corrected chi connectivity index (χ4v) is 2.25. The van der Waals surface area contributed by atoms with Gasteiger partial charge in [0.25, 0.3) is 0 Å². The maximum atomic E-state index is 13.7. The first kappa shape index (κ1) is 13.9. The fourth-order valence-electron chi connectivity index (χ4n) is 1.78. The van der Waals surface area contributed by atoms with Gasteiger partial charge in [0, 0.05) is 6.54 Å². The van der Waals surface area contributed by atoms with E-state index >= 15 is 0 Å². The third kappa shape index (κ3) is 2.58. The van der Waals surface area contributed by atoms with Crippen LogP contribution in [0.15, 0.2) is 28.9 Å². The minimum atomic E-state index is -1.14. The van der Waals surface area contributed by atoms with Crippen LogP contribution in [-0.4, -0.2) is 15.6 Å². The van der Waals surface area contributed by atoms with Crippen LogP contribution in [0.4, 0.5) is 8.78 Å². The predicted molar refractivity (Wildman–Crippen MR) is 70.0 cm³/mol. The Morgan fingerprint density at radius 1 is 1.42 bits per heavy atom. The molecule has 0 amide bonds. The highest BCUT2D eigenvalue weighted by atomic mass is 79.9. The summed E-state index contributed by atoms with van der Waals surface area (Å²) >= 11 is 3.21. The average molecular weight is 329 g/mol. The molecule has 0 unspecified atom stereocenters. The molecule has 0 saturated heterocycles. The van der Waals surface area contributed by atoms with Gasteiger partial charge in [-0.25, -0.2) is 8.78 Å². The molecule has 0 saturated carbocycles. The Bertz CT molecular complexity index is 625. The van der Waals surface area contributed by atoms with Gasteiger partial charge in [-0.2, -0.15) is 5.10 Å². The Kier molecular flexibility index (Phi) is 4.09. The van der Waals surface area contributed by atoms with E-state index in [1.54, 1.807) is 0 Å². The highest BCUT2D eigenvalue weighted by Gasteiger charge is 2.22. The quantitative estimate of drug-likeness (QED) is 0.804. The van der Waals surface area contributed by atoms with Crippen molar-refractivity contribution in [3.05, 3.63) is 51.8 Å². The number of halogens is 3. The van der Waals surface area contributed by atoms with Crippen LogP contribution < -0.4 is 0 Å². The number of nitrogens with zero attached hydrogens (tertiary/aromatic N) is 2. The van der Waals surface area contributed by atoms with Crippen LogP contribution in [0.25, 0.3) is 0 Å². The first-order chi connectivity index (χ1) is 9.06. The van der Waals surface area contributed by atoms with Gasteiger partial charge < -0.3 is 0 Å². The normalized spacial score (nSPS) is 10.7. The van der Waals surface area contributed by atoms with E-state index in [-0.39, 0.29) is 11.3 Å². The van der Waals surface area contributed by atoms with Crippen molar-refractivity contribution in [1.29, 1.82) is 0 Å². The molecule has 19 heavy (non-hydrogen) atoms. The van der Waals surface area contributed by atoms with Crippen molar-refractivity contribution in [2.45, 2.75) is 19.9 Å². The number of aromatic nitrogens is 2. The Labute approximate surface area is 117 Å². The molecule has 2 rings (SSSR count). The van der Waals surface area contributed by atoms with Crippen molar-refractivity contribution < 1.29 is 13.6 Å². The molecule has 1 heterocycles. The fraction of sp³-hybridized carbons (Fsp3) is 0.231. The molecule has 0 N–H and O–H groups in total. The SMILES string of the molecule is CCCn1ncc(Br)c1C(=O)c1cccc(F)c1F. The smallest absolute Gasteiger partial charge is 0.215 e. The van der Waals surface area contributed by atoms with Gasteiger partial charge in [0.15, 0.2) is 11.6 Å². The lowest BCUT2D eigenvalue weighted by molar-refractivity contribution is 0.102. The molecular formula is C13H11BrF2N2O. The van der Waals surface area contributed by atoms with E-state index < -0.39 is 17.4 Å². The van der Waals surface area contributed by atoms with Crippen molar-refractivity contribution in [2.24, 2.45) is 0 Å². The van der Waals surface area contributed by atoms with Gasteiger partial charge in [0.1, 0.15) is 5.69 Å². The van der Waals surface area contributed by atoms with Crippen LogP contribution in [0.3, 0.4) is 0 Å². The Morgan fingerprint density at radius 2 is 2.16 bits per heavy atom. The molecule has 0 fully saturated rings. The third-order valence-electron chi connectivity index (χ3n) is 2.64. The monoisotopic (exact) mass is 328 g/mol. The van der Waals surface area contributed by atoms with Gasteiger partial charge in [-0.05, 0) is 34.5 Å². The summed E-state index contributed by atoms with van der Waals surface area (Å²) in [6.45, 7) is 2.47. The molecule has 0 bridgehead atoms. The zero-order chi connectivity index (χ0) is 14.0. The Morgan fingerprint density at radius 3 is 2.84 bits per heavy atom. The van der Waals surface area contributed by atoms with Crippen LogP contribution in [0.2, 0.25) is 0 Å². The summed E-state index contributed by atoms with van der Waals surface area (Å²) in [6.07, 6.45) is 2.25. The Hall–Kier alpha value is -1.56. The van der Waals surface area contributed by atoms with Crippen molar-refractivity contribution in [3.63, 3.8) is 0 Å². The van der Waals surface area contributed by atoms with Crippen LogP contribution in [0.1, 0.15) is 29.4 Å². The van der Waals surface area contributed by atoms with Crippen LogP contribution in [-0.2, 0) is 6.54 Å². The molecule has 6 heteroatoms. The maximum Gasteiger partial charge on any atom is 0.215 e. The van der Waals surface area contributed by atoms with Crippen molar-refractivity contribution in [3.8, 4) is 0 Å². The lowest BCUT2D eigenvalue weighted by atomic mass is 10.1. The molecule has 0 aliphatic heterocycles. The summed E-state index contributed by atoms with van der Waals surface area (Å²) in [5.74, 6) is -2.76. The Balaban J connectivity index is 2.50. The summed E-state index contributed by atoms with van der Waals surface area (Å²) in [4.78, 5) is 12.3. The van der Waals surface area contributed by atoms with Gasteiger partial charge in [-0.3, -0.25) is 9.48 Å². The molecule has 1 aromatic heterocycles. The largest absolute Gasteiger partial charge is 0.287 e. The van der Waals surface area contributed by atoms with E-state index in [4.69, 9.17) is 0 Å². The van der Waals surface area contributed by atoms with E-state index in [2.05, 4.69) is 21.0 Å². The average Bonchev–Trinajstić information content (AvgIpc) is 2.74. The van der Waals surface area contributed by atoms with Crippen LogP contribution in [0.5, 0.6) is 0 Å². The number of ketones is 1. The maximum absolute atomic E-state index is 13.7. The van der Waals surface area contributed by atoms with Crippen LogP contribution >= 0.6 is 15.9 Å². The summed E-state index contributed by atoms with van der Waals surface area (Å²) in [6, 6.07) is 3.54. The number of carbonyl (C=O) groups is 1. The molecule has 0 aliphatic carbocycles. The van der Waals surface area contributed by atoms with Gasteiger partial charge >= 0.3 is 0 Å². The standard InChI is InChI=1S/C13H11BrF2N2O/c1-2-6-18-12(9(14)7-17-18)13(19)8-4-3-5-10(15)11(8)16/h3-5,7H,2,6H2,1H3. The second-order valence-corrected chi connectivity index (χ2v) is 4.85. The minimum Gasteiger partial charge on any atom is -0.287 e. The highest BCUT2D eigenvalue weighted by Crippen LogP contribution is 2.22.